The molecule has 0 bridgehead atoms. The van der Waals surface area contributed by atoms with E-state index in [2.05, 4.69) is 20.8 Å². The van der Waals surface area contributed by atoms with Crippen LogP contribution in [0.2, 0.25) is 0 Å². The van der Waals surface area contributed by atoms with Crippen molar-refractivity contribution in [2.24, 2.45) is 0 Å². The number of amides is 1. The molecule has 0 aliphatic heterocycles. The van der Waals surface area contributed by atoms with Gasteiger partial charge < -0.3 is 5.32 Å². The number of carbonyl (C=O) groups excluding carboxylic acids is 1. The first-order valence-electron chi connectivity index (χ1n) is 7.75. The first kappa shape index (κ1) is 14.7. The summed E-state index contributed by atoms with van der Waals surface area (Å²) in [6.45, 7) is 3.60. The highest BCUT2D eigenvalue weighted by Crippen LogP contribution is 2.36. The molecule has 1 saturated carbocycles. The van der Waals surface area contributed by atoms with Crippen molar-refractivity contribution in [3.63, 3.8) is 0 Å². The van der Waals surface area contributed by atoms with Crippen molar-refractivity contribution in [2.75, 3.05) is 0 Å². The van der Waals surface area contributed by atoms with Crippen molar-refractivity contribution in [3.8, 4) is 5.69 Å². The topological polar surface area (TPSA) is 72.7 Å². The molecule has 1 aliphatic rings. The summed E-state index contributed by atoms with van der Waals surface area (Å²) in [4.78, 5) is 11.7. The zero-order valence-corrected chi connectivity index (χ0v) is 13.0. The van der Waals surface area contributed by atoms with Gasteiger partial charge in [-0.25, -0.2) is 0 Å². The number of aryl methyl sites for hydroxylation is 1. The maximum Gasteiger partial charge on any atom is 0.217 e. The van der Waals surface area contributed by atoms with E-state index in [1.807, 2.05) is 31.2 Å². The van der Waals surface area contributed by atoms with Gasteiger partial charge in [0.2, 0.25) is 5.91 Å². The van der Waals surface area contributed by atoms with Crippen LogP contribution in [0, 0.1) is 6.92 Å². The minimum absolute atomic E-state index is 0.0413. The molecule has 1 N–H and O–H groups in total. The molecule has 3 rings (SSSR count). The van der Waals surface area contributed by atoms with E-state index in [9.17, 15) is 4.79 Å². The van der Waals surface area contributed by atoms with Crippen molar-refractivity contribution < 1.29 is 4.79 Å². The summed E-state index contributed by atoms with van der Waals surface area (Å²) in [7, 11) is 0. The standard InChI is InChI=1S/C16H21N5O/c1-12-6-8-14(9-7-12)21-15(18-19-20-21)16(17-13(2)22)10-4-3-5-11-16/h6-9H,3-5,10-11H2,1-2H3,(H,17,22). The molecule has 6 nitrogen and oxygen atoms in total. The van der Waals surface area contributed by atoms with E-state index in [0.29, 0.717) is 0 Å². The largest absolute Gasteiger partial charge is 0.344 e. The van der Waals surface area contributed by atoms with Crippen LogP contribution in [0.4, 0.5) is 0 Å². The number of hydrogen-bond donors (Lipinski definition) is 1. The number of nitrogens with one attached hydrogen (secondary N) is 1. The third kappa shape index (κ3) is 2.73. The molecule has 0 radical (unpaired) electrons. The fraction of sp³-hybridized carbons (Fsp3) is 0.500. The third-order valence-electron chi connectivity index (χ3n) is 4.30. The van der Waals surface area contributed by atoms with Crippen molar-refractivity contribution in [2.45, 2.75) is 51.5 Å². The molecule has 116 valence electrons. The zero-order valence-electron chi connectivity index (χ0n) is 13.0. The predicted octanol–water partition coefficient (Wildman–Crippen LogP) is 2.27. The summed E-state index contributed by atoms with van der Waals surface area (Å²) < 4.78 is 1.75. The number of hydrogen-bond acceptors (Lipinski definition) is 4. The lowest BCUT2D eigenvalue weighted by molar-refractivity contribution is -0.121. The molecule has 1 fully saturated rings. The average molecular weight is 299 g/mol. The molecular weight excluding hydrogens is 278 g/mol. The van der Waals surface area contributed by atoms with Crippen LogP contribution in [0.1, 0.15) is 50.4 Å². The van der Waals surface area contributed by atoms with Gasteiger partial charge in [-0.3, -0.25) is 4.79 Å². The number of nitrogens with zero attached hydrogens (tertiary/aromatic N) is 4. The molecule has 22 heavy (non-hydrogen) atoms. The van der Waals surface area contributed by atoms with Gasteiger partial charge in [0.05, 0.1) is 5.69 Å². The number of benzene rings is 1. The molecule has 6 heteroatoms. The lowest BCUT2D eigenvalue weighted by Gasteiger charge is -2.36. The van der Waals surface area contributed by atoms with Crippen LogP contribution in [-0.4, -0.2) is 26.1 Å². The Kier molecular flexibility index (Phi) is 3.92. The Morgan fingerprint density at radius 1 is 1.18 bits per heavy atom. The molecule has 0 unspecified atom stereocenters. The molecule has 0 atom stereocenters. The Morgan fingerprint density at radius 3 is 2.50 bits per heavy atom. The van der Waals surface area contributed by atoms with Crippen LogP contribution in [0.25, 0.3) is 5.69 Å². The Labute approximate surface area is 129 Å². The Balaban J connectivity index is 2.04. The molecule has 1 heterocycles. The fourth-order valence-corrected chi connectivity index (χ4v) is 3.24. The second-order valence-corrected chi connectivity index (χ2v) is 6.07. The van der Waals surface area contributed by atoms with Gasteiger partial charge in [-0.2, -0.15) is 4.68 Å². The molecule has 1 aromatic carbocycles. The first-order chi connectivity index (χ1) is 10.6. The fourth-order valence-electron chi connectivity index (χ4n) is 3.24. The summed E-state index contributed by atoms with van der Waals surface area (Å²) >= 11 is 0. The average Bonchev–Trinajstić information content (AvgIpc) is 2.98. The lowest BCUT2D eigenvalue weighted by Crippen LogP contribution is -2.48. The predicted molar refractivity (Wildman–Crippen MR) is 82.5 cm³/mol. The highest BCUT2D eigenvalue weighted by molar-refractivity contribution is 5.74. The molecule has 1 aromatic heterocycles. The van der Waals surface area contributed by atoms with Gasteiger partial charge in [-0.05, 0) is 42.3 Å². The van der Waals surface area contributed by atoms with Crippen LogP contribution < -0.4 is 5.32 Å². The second kappa shape index (κ2) is 5.87. The maximum absolute atomic E-state index is 11.7. The summed E-state index contributed by atoms with van der Waals surface area (Å²) in [5.74, 6) is 0.687. The van der Waals surface area contributed by atoms with E-state index in [1.165, 1.54) is 12.0 Å². The van der Waals surface area contributed by atoms with E-state index in [1.54, 1.807) is 11.6 Å². The quantitative estimate of drug-likeness (QED) is 0.943. The smallest absolute Gasteiger partial charge is 0.217 e. The number of carbonyl (C=O) groups is 1. The molecule has 1 amide bonds. The van der Waals surface area contributed by atoms with Gasteiger partial charge in [0, 0.05) is 6.92 Å². The Bertz CT molecular complexity index is 655. The van der Waals surface area contributed by atoms with Crippen molar-refractivity contribution in [1.29, 1.82) is 0 Å². The van der Waals surface area contributed by atoms with Gasteiger partial charge in [-0.1, -0.05) is 37.0 Å². The lowest BCUT2D eigenvalue weighted by atomic mass is 9.80. The first-order valence-corrected chi connectivity index (χ1v) is 7.75. The SMILES string of the molecule is CC(=O)NC1(c2nnnn2-c2ccc(C)cc2)CCCCC1. The maximum atomic E-state index is 11.7. The van der Waals surface area contributed by atoms with Gasteiger partial charge in [-0.15, -0.1) is 5.10 Å². The van der Waals surface area contributed by atoms with Crippen LogP contribution in [0.5, 0.6) is 0 Å². The van der Waals surface area contributed by atoms with Gasteiger partial charge in [0.15, 0.2) is 5.82 Å². The zero-order chi connectivity index (χ0) is 15.6. The summed E-state index contributed by atoms with van der Waals surface area (Å²) in [5.41, 5.74) is 1.65. The monoisotopic (exact) mass is 299 g/mol. The second-order valence-electron chi connectivity index (χ2n) is 6.07. The minimum atomic E-state index is -0.460. The van der Waals surface area contributed by atoms with Gasteiger partial charge in [0.1, 0.15) is 5.54 Å². The van der Waals surface area contributed by atoms with Crippen molar-refractivity contribution in [3.05, 3.63) is 35.7 Å². The van der Waals surface area contributed by atoms with Crippen LogP contribution in [0.15, 0.2) is 24.3 Å². The minimum Gasteiger partial charge on any atom is -0.344 e. The van der Waals surface area contributed by atoms with E-state index >= 15 is 0 Å². The van der Waals surface area contributed by atoms with E-state index in [-0.39, 0.29) is 5.91 Å². The normalized spacial score (nSPS) is 17.2. The number of rotatable bonds is 3. The third-order valence-corrected chi connectivity index (χ3v) is 4.30. The van der Waals surface area contributed by atoms with Crippen molar-refractivity contribution >= 4 is 5.91 Å². The van der Waals surface area contributed by atoms with E-state index in [0.717, 1.165) is 37.2 Å². The van der Waals surface area contributed by atoms with Crippen LogP contribution in [-0.2, 0) is 10.3 Å². The number of tetrazole rings is 1. The molecule has 2 aromatic rings. The van der Waals surface area contributed by atoms with Crippen LogP contribution in [0.3, 0.4) is 0 Å². The van der Waals surface area contributed by atoms with Crippen molar-refractivity contribution in [1.82, 2.24) is 25.5 Å². The highest BCUT2D eigenvalue weighted by Gasteiger charge is 2.39. The summed E-state index contributed by atoms with van der Waals surface area (Å²) in [6.07, 6.45) is 5.08. The van der Waals surface area contributed by atoms with E-state index in [4.69, 9.17) is 0 Å². The highest BCUT2D eigenvalue weighted by atomic mass is 16.1. The number of aromatic nitrogens is 4. The Hall–Kier alpha value is -2.24. The van der Waals surface area contributed by atoms with Gasteiger partial charge >= 0.3 is 0 Å². The molecule has 0 saturated heterocycles. The van der Waals surface area contributed by atoms with Crippen LogP contribution >= 0.6 is 0 Å². The summed E-state index contributed by atoms with van der Waals surface area (Å²) in [6, 6.07) is 8.07. The van der Waals surface area contributed by atoms with E-state index < -0.39 is 5.54 Å². The summed E-state index contributed by atoms with van der Waals surface area (Å²) in [5, 5.41) is 15.4. The molecular formula is C16H21N5O. The van der Waals surface area contributed by atoms with Gasteiger partial charge in [0.25, 0.3) is 0 Å². The Morgan fingerprint density at radius 2 is 1.86 bits per heavy atom. The molecule has 0 spiro atoms. The molecule has 1 aliphatic carbocycles.